The van der Waals surface area contributed by atoms with Crippen LogP contribution in [0.15, 0.2) is 244 Å². The third-order valence-electron chi connectivity index (χ3n) is 13.2. The van der Waals surface area contributed by atoms with Crippen LogP contribution in [0.4, 0.5) is 0 Å². The van der Waals surface area contributed by atoms with Gasteiger partial charge in [-0.05, 0) is 0 Å². The molecule has 2 nitrogen and oxygen atoms in total. The molecule has 8 rings (SSSR count). The van der Waals surface area contributed by atoms with Crippen LogP contribution in [0.2, 0.25) is 0 Å². The Morgan fingerprint density at radius 1 is 0.364 bits per heavy atom. The number of hydrogen-bond donors (Lipinski definition) is 0. The van der Waals surface area contributed by atoms with Crippen LogP contribution in [0.5, 0.6) is 11.5 Å². The molecule has 66 heavy (non-hydrogen) atoms. The van der Waals surface area contributed by atoms with Gasteiger partial charge in [0, 0.05) is 0 Å². The number of unbranched alkanes of at least 4 members (excludes halogenated alkanes) is 2. The molecule has 0 aliphatic carbocycles. The second-order valence-electron chi connectivity index (χ2n) is 17.3. The average molecular weight is 903 g/mol. The number of allylic oxidation sites excluding steroid dienone is 2. The molecule has 8 aromatic rings. The average Bonchev–Trinajstić information content (AvgIpc) is 3.39. The minimum atomic E-state index is -2.30. The second kappa shape index (κ2) is 23.2. The van der Waals surface area contributed by atoms with E-state index in [1.165, 1.54) is 37.4 Å². The van der Waals surface area contributed by atoms with Crippen LogP contribution in [0, 0.1) is 0 Å². The van der Waals surface area contributed by atoms with Gasteiger partial charge < -0.3 is 0 Å². The fraction of sp³-hybridized carbons (Fsp3) is 0.161. The number of hydrogen-bond acceptors (Lipinski definition) is 2. The summed E-state index contributed by atoms with van der Waals surface area (Å²) in [5.41, 5.74) is 4.56. The number of ether oxygens (including phenoxy) is 2. The monoisotopic (exact) mass is 902 g/mol. The van der Waals surface area contributed by atoms with E-state index in [1.54, 1.807) is 0 Å². The molecule has 334 valence electrons. The van der Waals surface area contributed by atoms with Crippen molar-refractivity contribution in [1.82, 2.24) is 0 Å². The number of benzene rings is 8. The molecular weight excluding hydrogens is 839 g/mol. The van der Waals surface area contributed by atoms with Gasteiger partial charge in [0.15, 0.2) is 0 Å². The predicted molar refractivity (Wildman–Crippen MR) is 292 cm³/mol. The molecule has 0 heterocycles. The Balaban J connectivity index is 0.970. The fourth-order valence-electron chi connectivity index (χ4n) is 9.98. The Hall–Kier alpha value is -6.30. The van der Waals surface area contributed by atoms with Crippen molar-refractivity contribution < 1.29 is 9.47 Å². The summed E-state index contributed by atoms with van der Waals surface area (Å²) in [7, 11) is -4.59. The molecule has 8 aromatic carbocycles. The topological polar surface area (TPSA) is 18.5 Å². The quantitative estimate of drug-likeness (QED) is 0.0362. The Kier molecular flexibility index (Phi) is 16.3. The Bertz CT molecular complexity index is 2530. The van der Waals surface area contributed by atoms with Gasteiger partial charge in [-0.2, -0.15) is 0 Å². The Labute approximate surface area is 395 Å². The Morgan fingerprint density at radius 3 is 1.11 bits per heavy atom. The molecule has 0 fully saturated rings. The van der Waals surface area contributed by atoms with Crippen LogP contribution in [0.1, 0.15) is 36.8 Å². The van der Waals surface area contributed by atoms with E-state index in [9.17, 15) is 0 Å². The van der Waals surface area contributed by atoms with Gasteiger partial charge in [-0.15, -0.1) is 0 Å². The van der Waals surface area contributed by atoms with E-state index in [-0.39, 0.29) is 0 Å². The first-order valence-electron chi connectivity index (χ1n) is 23.7. The van der Waals surface area contributed by atoms with Gasteiger partial charge in [-0.1, -0.05) is 0 Å². The zero-order valence-corrected chi connectivity index (χ0v) is 40.2. The molecular formula is C62H64O2P2. The molecule has 0 aliphatic rings. The van der Waals surface area contributed by atoms with Crippen molar-refractivity contribution in [2.45, 2.75) is 38.5 Å². The van der Waals surface area contributed by atoms with Crippen molar-refractivity contribution in [3.05, 3.63) is 255 Å². The van der Waals surface area contributed by atoms with Gasteiger partial charge in [-0.3, -0.25) is 0 Å². The zero-order chi connectivity index (χ0) is 45.3. The van der Waals surface area contributed by atoms with E-state index >= 15 is 0 Å². The van der Waals surface area contributed by atoms with Crippen molar-refractivity contribution >= 4 is 46.4 Å². The molecule has 0 saturated carbocycles. The van der Waals surface area contributed by atoms with Crippen LogP contribution < -0.4 is 41.3 Å². The summed E-state index contributed by atoms with van der Waals surface area (Å²) >= 11 is 0. The molecule has 0 bridgehead atoms. The summed E-state index contributed by atoms with van der Waals surface area (Å²) in [6.07, 6.45) is 11.7. The summed E-state index contributed by atoms with van der Waals surface area (Å²) in [6, 6.07) is 80.4. The van der Waals surface area contributed by atoms with Gasteiger partial charge in [0.05, 0.1) is 0 Å². The van der Waals surface area contributed by atoms with Crippen LogP contribution in [-0.2, 0) is 12.8 Å². The predicted octanol–water partition coefficient (Wildman–Crippen LogP) is 12.6. The van der Waals surface area contributed by atoms with Crippen molar-refractivity contribution in [2.75, 3.05) is 25.5 Å². The van der Waals surface area contributed by atoms with Crippen molar-refractivity contribution in [3.63, 3.8) is 0 Å². The van der Waals surface area contributed by atoms with E-state index in [1.807, 2.05) is 12.2 Å². The van der Waals surface area contributed by atoms with E-state index in [0.29, 0.717) is 19.6 Å². The SMILES string of the molecule is C=CCc1ccc(OCCCC[PH](c2ccccc2)(c2ccccc2)c2ccccc2)c(-c2ccc(OCCCC[PH](c3ccccc3)(c3ccccc3)c3ccccc3)c(CC=C)c2)c1. The molecule has 0 saturated heterocycles. The molecule has 0 N–H and O–H groups in total. The van der Waals surface area contributed by atoms with Gasteiger partial charge in [0.25, 0.3) is 0 Å². The van der Waals surface area contributed by atoms with E-state index < -0.39 is 14.5 Å². The minimum absolute atomic E-state index is 0.639. The first-order valence-corrected chi connectivity index (χ1v) is 28.1. The maximum atomic E-state index is 6.74. The van der Waals surface area contributed by atoms with Crippen LogP contribution in [0.25, 0.3) is 11.1 Å². The summed E-state index contributed by atoms with van der Waals surface area (Å²) in [5, 5.41) is 8.69. The summed E-state index contributed by atoms with van der Waals surface area (Å²) in [5.74, 6) is 1.82. The van der Waals surface area contributed by atoms with Gasteiger partial charge in [0.2, 0.25) is 0 Å². The second-order valence-corrected chi connectivity index (χ2v) is 25.3. The molecule has 0 spiro atoms. The first-order chi connectivity index (χ1) is 32.7. The van der Waals surface area contributed by atoms with Gasteiger partial charge >= 0.3 is 397 Å². The van der Waals surface area contributed by atoms with Crippen LogP contribution in [0.3, 0.4) is 0 Å². The van der Waals surface area contributed by atoms with Crippen LogP contribution in [-0.4, -0.2) is 25.5 Å². The fourth-order valence-corrected chi connectivity index (χ4v) is 19.8. The molecule has 0 radical (unpaired) electrons. The van der Waals surface area contributed by atoms with Crippen molar-refractivity contribution in [2.24, 2.45) is 0 Å². The maximum absolute atomic E-state index is 6.74. The molecule has 0 unspecified atom stereocenters. The molecule has 0 aliphatic heterocycles. The third-order valence-corrected chi connectivity index (χ3v) is 23.3. The van der Waals surface area contributed by atoms with Gasteiger partial charge in [-0.25, -0.2) is 0 Å². The molecule has 0 amide bonds. The summed E-state index contributed by atoms with van der Waals surface area (Å²) in [6.45, 7) is 9.45. The summed E-state index contributed by atoms with van der Waals surface area (Å²) in [4.78, 5) is 0. The van der Waals surface area contributed by atoms with Crippen molar-refractivity contribution in [3.8, 4) is 22.6 Å². The third kappa shape index (κ3) is 10.7. The number of rotatable bonds is 23. The molecule has 0 aromatic heterocycles. The first kappa shape index (κ1) is 46.2. The summed E-state index contributed by atoms with van der Waals surface area (Å²) < 4.78 is 13.4. The zero-order valence-electron chi connectivity index (χ0n) is 38.2. The van der Waals surface area contributed by atoms with E-state index in [4.69, 9.17) is 9.47 Å². The molecule has 4 heteroatoms. The normalized spacial score (nSPS) is 11.9. The van der Waals surface area contributed by atoms with E-state index in [0.717, 1.165) is 72.6 Å². The standard InChI is InChI=1S/C62H64O2P2/c1-3-27-51-41-43-62(64-46-24-26-48-66(57-35-17-8-18-36-57,58-37-19-9-20-38-58)59-39-21-10-22-40-59)60(49-51)52-42-44-61(53(50-52)28-4-2)63-45-23-25-47-65(54-29-11-5-12-30-54,55-31-13-6-14-32-55)56-33-15-7-16-34-56/h3-22,29-44,49-50,65-66H,1-2,23-28,45-48H2. The molecule has 0 atom stereocenters. The van der Waals surface area contributed by atoms with Crippen molar-refractivity contribution in [1.29, 1.82) is 0 Å². The van der Waals surface area contributed by atoms with E-state index in [2.05, 4.69) is 232 Å². The Morgan fingerprint density at radius 2 is 0.727 bits per heavy atom. The van der Waals surface area contributed by atoms with Gasteiger partial charge in [0.1, 0.15) is 0 Å². The van der Waals surface area contributed by atoms with Crippen LogP contribution >= 0.6 is 14.5 Å².